The average Bonchev–Trinajstić information content (AvgIpc) is 3.05. The van der Waals surface area contributed by atoms with E-state index >= 15 is 0 Å². The number of rotatable bonds is 6. The van der Waals surface area contributed by atoms with Crippen LogP contribution in [0.1, 0.15) is 45.0 Å². The lowest BCUT2D eigenvalue weighted by Crippen LogP contribution is -2.24. The zero-order valence-electron chi connectivity index (χ0n) is 17.5. The highest BCUT2D eigenvalue weighted by atomic mass is 32.1. The first-order chi connectivity index (χ1) is 15.8. The normalized spacial score (nSPS) is 11.2. The molecule has 0 aliphatic heterocycles. The van der Waals surface area contributed by atoms with Gasteiger partial charge in [0.2, 0.25) is 0 Å². The molecule has 186 valence electrons. The van der Waals surface area contributed by atoms with Crippen molar-refractivity contribution in [1.82, 2.24) is 0 Å². The quantitative estimate of drug-likeness (QED) is 0.211. The summed E-state index contributed by atoms with van der Waals surface area (Å²) >= 11 is 5.48. The van der Waals surface area contributed by atoms with E-state index in [9.17, 15) is 40.3 Å². The third-order valence-electron chi connectivity index (χ3n) is 4.10. The van der Waals surface area contributed by atoms with E-state index in [4.69, 9.17) is 21.7 Å². The number of hydrogen-bond acceptors (Lipinski definition) is 6. The maximum Gasteiger partial charge on any atom is 0.422 e. The molecule has 0 saturated heterocycles. The zero-order valence-corrected chi connectivity index (χ0v) is 19.1. The second kappa shape index (κ2) is 10.5. The van der Waals surface area contributed by atoms with E-state index in [0.29, 0.717) is 11.3 Å². The lowest BCUT2D eigenvalue weighted by Gasteiger charge is -2.16. The average molecular weight is 532 g/mol. The molecule has 0 amide bonds. The molecule has 0 saturated carbocycles. The maximum absolute atomic E-state index is 14.1. The number of carbonyl (C=O) groups excluding carboxylic acids is 2. The fraction of sp³-hybridized carbons (Fsp3) is 0.316. The van der Waals surface area contributed by atoms with E-state index < -0.39 is 57.7 Å². The van der Waals surface area contributed by atoms with Crippen LogP contribution in [0.3, 0.4) is 0 Å². The second-order valence-corrected chi connectivity index (χ2v) is 7.71. The SMILES string of the molecule is CCOC(=O)c1sc(NC(=S)Nc2c(F)c(F)c(C(F)(F)F)c(F)c2F)c(C(=O)OCC)c1C. The summed E-state index contributed by atoms with van der Waals surface area (Å²) in [7, 11) is 0. The van der Waals surface area contributed by atoms with E-state index in [2.05, 4.69) is 5.32 Å². The minimum absolute atomic E-state index is 0.0112. The summed E-state index contributed by atoms with van der Waals surface area (Å²) in [4.78, 5) is 24.5. The van der Waals surface area contributed by atoms with Gasteiger partial charge < -0.3 is 20.1 Å². The number of hydrogen-bond donors (Lipinski definition) is 2. The van der Waals surface area contributed by atoms with Crippen LogP contribution in [-0.2, 0) is 15.7 Å². The Balaban J connectivity index is 2.46. The van der Waals surface area contributed by atoms with Gasteiger partial charge >= 0.3 is 18.1 Å². The molecule has 2 aromatic rings. The number of ether oxygens (including phenoxy) is 2. The van der Waals surface area contributed by atoms with Gasteiger partial charge in [0, 0.05) is 0 Å². The molecule has 34 heavy (non-hydrogen) atoms. The lowest BCUT2D eigenvalue weighted by atomic mass is 10.1. The van der Waals surface area contributed by atoms with Gasteiger partial charge in [-0.2, -0.15) is 13.2 Å². The van der Waals surface area contributed by atoms with Crippen LogP contribution in [0.15, 0.2) is 0 Å². The van der Waals surface area contributed by atoms with Crippen molar-refractivity contribution in [3.8, 4) is 0 Å². The van der Waals surface area contributed by atoms with Gasteiger partial charge in [-0.05, 0) is 38.6 Å². The monoisotopic (exact) mass is 532 g/mol. The number of anilines is 2. The van der Waals surface area contributed by atoms with Crippen molar-refractivity contribution in [3.05, 3.63) is 44.8 Å². The van der Waals surface area contributed by atoms with Crippen LogP contribution in [0, 0.1) is 30.2 Å². The van der Waals surface area contributed by atoms with Crippen LogP contribution in [0.2, 0.25) is 0 Å². The molecule has 0 spiro atoms. The van der Waals surface area contributed by atoms with Crippen LogP contribution < -0.4 is 10.6 Å². The second-order valence-electron chi connectivity index (χ2n) is 6.28. The Morgan fingerprint density at radius 3 is 1.88 bits per heavy atom. The molecule has 1 heterocycles. The fourth-order valence-electron chi connectivity index (χ4n) is 2.68. The molecule has 2 rings (SSSR count). The third kappa shape index (κ3) is 5.41. The number of nitrogens with one attached hydrogen (secondary N) is 2. The smallest absolute Gasteiger partial charge is 0.422 e. The van der Waals surface area contributed by atoms with E-state index in [1.165, 1.54) is 20.8 Å². The summed E-state index contributed by atoms with van der Waals surface area (Å²) in [5.74, 6) is -11.8. The summed E-state index contributed by atoms with van der Waals surface area (Å²) in [5, 5.41) is 3.13. The topological polar surface area (TPSA) is 76.7 Å². The molecule has 0 aliphatic rings. The van der Waals surface area contributed by atoms with Crippen LogP contribution in [-0.4, -0.2) is 30.3 Å². The molecular weight excluding hydrogens is 517 g/mol. The number of thiophene rings is 1. The predicted molar refractivity (Wildman–Crippen MR) is 112 cm³/mol. The molecule has 1 aromatic carbocycles. The largest absolute Gasteiger partial charge is 0.462 e. The minimum atomic E-state index is -5.71. The summed E-state index contributed by atoms with van der Waals surface area (Å²) in [6.45, 7) is 4.39. The Bertz CT molecular complexity index is 1120. The summed E-state index contributed by atoms with van der Waals surface area (Å²) < 4.78 is 104. The zero-order chi connectivity index (χ0) is 26.0. The van der Waals surface area contributed by atoms with Crippen molar-refractivity contribution in [2.45, 2.75) is 26.9 Å². The summed E-state index contributed by atoms with van der Waals surface area (Å²) in [6, 6.07) is 0. The Morgan fingerprint density at radius 2 is 1.41 bits per heavy atom. The maximum atomic E-state index is 14.1. The summed E-state index contributed by atoms with van der Waals surface area (Å²) in [5.41, 5.74) is -4.46. The number of thiocarbonyl (C=S) groups is 1. The first kappa shape index (κ1) is 27.3. The molecule has 0 bridgehead atoms. The summed E-state index contributed by atoms with van der Waals surface area (Å²) in [6.07, 6.45) is -5.71. The number of alkyl halides is 3. The van der Waals surface area contributed by atoms with Gasteiger partial charge in [-0.1, -0.05) is 0 Å². The lowest BCUT2D eigenvalue weighted by molar-refractivity contribution is -0.143. The van der Waals surface area contributed by atoms with E-state index in [1.54, 1.807) is 5.32 Å². The Morgan fingerprint density at radius 1 is 0.912 bits per heavy atom. The van der Waals surface area contributed by atoms with Crippen molar-refractivity contribution in [2.24, 2.45) is 0 Å². The molecule has 0 radical (unpaired) electrons. The van der Waals surface area contributed by atoms with Gasteiger partial charge in [0.15, 0.2) is 28.4 Å². The van der Waals surface area contributed by atoms with Crippen LogP contribution >= 0.6 is 23.6 Å². The van der Waals surface area contributed by atoms with E-state index in [0.717, 1.165) is 0 Å². The predicted octanol–water partition coefficient (Wildman–Crippen LogP) is 5.79. The fourth-order valence-corrected chi connectivity index (χ4v) is 4.04. The number of esters is 2. The highest BCUT2D eigenvalue weighted by Gasteiger charge is 2.42. The van der Waals surface area contributed by atoms with Crippen LogP contribution in [0.4, 0.5) is 41.4 Å². The van der Waals surface area contributed by atoms with Gasteiger partial charge in [0.1, 0.15) is 21.1 Å². The number of halogens is 7. The molecule has 0 fully saturated rings. The van der Waals surface area contributed by atoms with Crippen molar-refractivity contribution in [2.75, 3.05) is 23.8 Å². The standard InChI is InChI=1S/C19H15F7N2O4S2/c1-4-31-16(29)7-6(3)14(17(30)32-5-2)34-15(7)28-18(33)27-13-11(22)9(20)8(19(24,25)26)10(21)12(13)23/h4-5H2,1-3H3,(H2,27,28,33). The van der Waals surface area contributed by atoms with Crippen molar-refractivity contribution in [3.63, 3.8) is 0 Å². The molecule has 0 aliphatic carbocycles. The Labute approximate surface area is 197 Å². The van der Waals surface area contributed by atoms with Crippen LogP contribution in [0.5, 0.6) is 0 Å². The molecule has 1 aromatic heterocycles. The molecule has 2 N–H and O–H groups in total. The molecule has 15 heteroatoms. The first-order valence-corrected chi connectivity index (χ1v) is 10.5. The van der Waals surface area contributed by atoms with Gasteiger partial charge in [0.25, 0.3) is 0 Å². The third-order valence-corrected chi connectivity index (χ3v) is 5.49. The van der Waals surface area contributed by atoms with Crippen molar-refractivity contribution >= 4 is 51.3 Å². The molecular formula is C19H15F7N2O4S2. The van der Waals surface area contributed by atoms with Gasteiger partial charge in [0.05, 0.1) is 18.8 Å². The first-order valence-electron chi connectivity index (χ1n) is 9.24. The highest BCUT2D eigenvalue weighted by Crippen LogP contribution is 2.39. The highest BCUT2D eigenvalue weighted by molar-refractivity contribution is 7.80. The van der Waals surface area contributed by atoms with Crippen LogP contribution in [0.25, 0.3) is 0 Å². The van der Waals surface area contributed by atoms with E-state index in [1.807, 2.05) is 0 Å². The molecule has 0 atom stereocenters. The van der Waals surface area contributed by atoms with Crippen molar-refractivity contribution < 1.29 is 49.8 Å². The molecule has 6 nitrogen and oxygen atoms in total. The van der Waals surface area contributed by atoms with Gasteiger partial charge in [-0.15, -0.1) is 11.3 Å². The van der Waals surface area contributed by atoms with E-state index in [-0.39, 0.29) is 34.2 Å². The molecule has 0 unspecified atom stereocenters. The Kier molecular flexibility index (Phi) is 8.47. The van der Waals surface area contributed by atoms with Crippen molar-refractivity contribution in [1.29, 1.82) is 0 Å². The minimum Gasteiger partial charge on any atom is -0.462 e. The number of benzene rings is 1. The Hall–Kier alpha value is -2.94. The number of carbonyl (C=O) groups is 2. The van der Waals surface area contributed by atoms with Gasteiger partial charge in [-0.3, -0.25) is 0 Å². The van der Waals surface area contributed by atoms with Gasteiger partial charge in [-0.25, -0.2) is 27.2 Å².